The summed E-state index contributed by atoms with van der Waals surface area (Å²) in [6, 6.07) is 4.56. The summed E-state index contributed by atoms with van der Waals surface area (Å²) in [5, 5.41) is 8.79. The van der Waals surface area contributed by atoms with Crippen molar-refractivity contribution in [1.82, 2.24) is 15.5 Å². The van der Waals surface area contributed by atoms with Crippen LogP contribution in [0.15, 0.2) is 17.5 Å². The van der Waals surface area contributed by atoms with Crippen LogP contribution >= 0.6 is 36.2 Å². The third kappa shape index (κ3) is 4.72. The topological polar surface area (TPSA) is 53.6 Å². The summed E-state index contributed by atoms with van der Waals surface area (Å²) in [4.78, 5) is 16.4. The monoisotopic (exact) mass is 421 g/mol. The lowest BCUT2D eigenvalue weighted by Crippen LogP contribution is -2.44. The van der Waals surface area contributed by atoms with E-state index in [2.05, 4.69) is 33.0 Å². The van der Waals surface area contributed by atoms with Gasteiger partial charge in [0.1, 0.15) is 0 Å². The van der Waals surface area contributed by atoms with E-state index in [1.807, 2.05) is 0 Å². The molecule has 0 radical (unpaired) electrons. The number of rotatable bonds is 5. The number of nitrogens with zero attached hydrogens (tertiary/aromatic N) is 1. The second-order valence-electron chi connectivity index (χ2n) is 7.29. The second-order valence-corrected chi connectivity index (χ2v) is 8.27. The Balaban J connectivity index is 0.00000121. The van der Waals surface area contributed by atoms with Crippen molar-refractivity contribution >= 4 is 42.1 Å². The van der Waals surface area contributed by atoms with E-state index >= 15 is 0 Å². The molecule has 1 aliphatic carbocycles. The van der Waals surface area contributed by atoms with Gasteiger partial charge in [-0.25, -0.2) is 0 Å². The van der Waals surface area contributed by atoms with Gasteiger partial charge in [-0.2, -0.15) is 0 Å². The van der Waals surface area contributed by atoms with Crippen LogP contribution in [-0.2, 0) is 9.53 Å². The molecule has 2 N–H and O–H groups in total. The molecule has 1 spiro atoms. The van der Waals surface area contributed by atoms with Crippen molar-refractivity contribution in [2.45, 2.75) is 25.3 Å². The van der Waals surface area contributed by atoms with E-state index in [0.717, 1.165) is 58.7 Å². The van der Waals surface area contributed by atoms with Crippen molar-refractivity contribution in [3.63, 3.8) is 0 Å². The van der Waals surface area contributed by atoms with Crippen LogP contribution in [0.5, 0.6) is 0 Å². The average molecular weight is 422 g/mol. The molecule has 4 rings (SSSR count). The second kappa shape index (κ2) is 9.71. The van der Waals surface area contributed by atoms with E-state index in [1.165, 1.54) is 4.88 Å². The van der Waals surface area contributed by atoms with Gasteiger partial charge in [-0.3, -0.25) is 9.69 Å². The molecule has 1 saturated carbocycles. The first kappa shape index (κ1) is 21.9. The number of halogens is 2. The van der Waals surface area contributed by atoms with Gasteiger partial charge in [-0.1, -0.05) is 6.07 Å². The van der Waals surface area contributed by atoms with Gasteiger partial charge in [0.25, 0.3) is 0 Å². The van der Waals surface area contributed by atoms with Gasteiger partial charge < -0.3 is 15.4 Å². The Morgan fingerprint density at radius 2 is 2.08 bits per heavy atom. The van der Waals surface area contributed by atoms with E-state index in [9.17, 15) is 4.79 Å². The number of piperidine rings is 1. The molecular formula is C18H29Cl2N3O2S. The molecule has 1 amide bonds. The Kier molecular flexibility index (Phi) is 8.19. The minimum Gasteiger partial charge on any atom is -0.379 e. The quantitative estimate of drug-likeness (QED) is 0.766. The highest BCUT2D eigenvalue weighted by molar-refractivity contribution is 7.10. The van der Waals surface area contributed by atoms with Crippen LogP contribution in [0.2, 0.25) is 0 Å². The van der Waals surface area contributed by atoms with Crippen molar-refractivity contribution in [2.75, 3.05) is 45.9 Å². The maximum Gasteiger partial charge on any atom is 0.223 e. The molecule has 0 aromatic carbocycles. The van der Waals surface area contributed by atoms with Crippen molar-refractivity contribution in [3.8, 4) is 0 Å². The first-order valence-corrected chi connectivity index (χ1v) is 10.0. The SMILES string of the molecule is Cl.Cl.O=C(NCC(c1cccs1)N1CCOCC1)C1CC12CCNCC2. The van der Waals surface area contributed by atoms with Gasteiger partial charge in [0.15, 0.2) is 0 Å². The number of morpholine rings is 1. The zero-order chi connectivity index (χ0) is 16.4. The van der Waals surface area contributed by atoms with Crippen LogP contribution in [0.3, 0.4) is 0 Å². The number of nitrogens with one attached hydrogen (secondary N) is 2. The van der Waals surface area contributed by atoms with Crippen molar-refractivity contribution < 1.29 is 9.53 Å². The van der Waals surface area contributed by atoms with Gasteiger partial charge >= 0.3 is 0 Å². The fraction of sp³-hybridized carbons (Fsp3) is 0.722. The number of hydrogen-bond donors (Lipinski definition) is 2. The summed E-state index contributed by atoms with van der Waals surface area (Å²) in [5.41, 5.74) is 0.312. The van der Waals surface area contributed by atoms with E-state index in [-0.39, 0.29) is 42.7 Å². The van der Waals surface area contributed by atoms with Crippen LogP contribution < -0.4 is 10.6 Å². The lowest BCUT2D eigenvalue weighted by molar-refractivity contribution is -0.123. The van der Waals surface area contributed by atoms with Crippen molar-refractivity contribution in [3.05, 3.63) is 22.4 Å². The zero-order valence-corrected chi connectivity index (χ0v) is 17.4. The molecule has 2 atom stereocenters. The number of amides is 1. The maximum atomic E-state index is 12.7. The van der Waals surface area contributed by atoms with Crippen LogP contribution in [0.1, 0.15) is 30.2 Å². The molecule has 2 unspecified atom stereocenters. The first-order chi connectivity index (χ1) is 11.8. The van der Waals surface area contributed by atoms with Crippen LogP contribution in [0.4, 0.5) is 0 Å². The Labute approximate surface area is 172 Å². The minimum atomic E-state index is 0. The van der Waals surface area contributed by atoms with E-state index in [4.69, 9.17) is 4.74 Å². The minimum absolute atomic E-state index is 0. The van der Waals surface area contributed by atoms with Crippen molar-refractivity contribution in [1.29, 1.82) is 0 Å². The number of thiophene rings is 1. The normalized spacial score (nSPS) is 25.6. The molecule has 1 aromatic rings. The highest BCUT2D eigenvalue weighted by Crippen LogP contribution is 2.58. The van der Waals surface area contributed by atoms with Gasteiger partial charge in [0, 0.05) is 30.4 Å². The standard InChI is InChI=1S/C18H27N3O2S.2ClH/c22-17(14-12-18(14)3-5-19-6-4-18)20-13-15(16-2-1-11-24-16)21-7-9-23-10-8-21;;/h1-2,11,14-15,19H,3-10,12-13H2,(H,20,22);2*1H. The fourth-order valence-electron chi connectivity index (χ4n) is 4.30. The predicted molar refractivity (Wildman–Crippen MR) is 110 cm³/mol. The molecule has 0 bridgehead atoms. The summed E-state index contributed by atoms with van der Waals surface area (Å²) < 4.78 is 5.48. The summed E-state index contributed by atoms with van der Waals surface area (Å²) >= 11 is 1.78. The number of hydrogen-bond acceptors (Lipinski definition) is 5. The summed E-state index contributed by atoms with van der Waals surface area (Å²) in [6.45, 7) is 6.30. The summed E-state index contributed by atoms with van der Waals surface area (Å²) in [6.07, 6.45) is 3.40. The van der Waals surface area contributed by atoms with Gasteiger partial charge in [-0.15, -0.1) is 36.2 Å². The van der Waals surface area contributed by atoms with E-state index in [1.54, 1.807) is 11.3 Å². The van der Waals surface area contributed by atoms with Gasteiger partial charge in [0.2, 0.25) is 5.91 Å². The largest absolute Gasteiger partial charge is 0.379 e. The molecule has 5 nitrogen and oxygen atoms in total. The van der Waals surface area contributed by atoms with Crippen LogP contribution in [0.25, 0.3) is 0 Å². The highest BCUT2D eigenvalue weighted by Gasteiger charge is 2.57. The summed E-state index contributed by atoms with van der Waals surface area (Å²) in [5.74, 6) is 0.514. The molecular weight excluding hydrogens is 393 g/mol. The molecule has 148 valence electrons. The third-order valence-electron chi connectivity index (χ3n) is 5.93. The zero-order valence-electron chi connectivity index (χ0n) is 14.9. The van der Waals surface area contributed by atoms with Crippen LogP contribution in [-0.4, -0.2) is 56.7 Å². The molecule has 3 aliphatic rings. The van der Waals surface area contributed by atoms with Crippen molar-refractivity contribution in [2.24, 2.45) is 11.3 Å². The molecule has 3 fully saturated rings. The Bertz CT molecular complexity index is 561. The number of ether oxygens (including phenoxy) is 1. The Hall–Kier alpha value is -0.370. The van der Waals surface area contributed by atoms with Gasteiger partial charge in [0.05, 0.1) is 19.3 Å². The number of carbonyl (C=O) groups excluding carboxylic acids is 1. The third-order valence-corrected chi connectivity index (χ3v) is 6.91. The Morgan fingerprint density at radius 1 is 1.35 bits per heavy atom. The average Bonchev–Trinajstić information content (AvgIpc) is 3.06. The van der Waals surface area contributed by atoms with Gasteiger partial charge in [-0.05, 0) is 49.2 Å². The summed E-state index contributed by atoms with van der Waals surface area (Å²) in [7, 11) is 0. The fourth-order valence-corrected chi connectivity index (χ4v) is 5.16. The van der Waals surface area contributed by atoms with Crippen LogP contribution in [0, 0.1) is 11.3 Å². The molecule has 3 heterocycles. The van der Waals surface area contributed by atoms with E-state index in [0.29, 0.717) is 12.0 Å². The molecule has 8 heteroatoms. The maximum absolute atomic E-state index is 12.7. The molecule has 1 aromatic heterocycles. The Morgan fingerprint density at radius 3 is 2.73 bits per heavy atom. The smallest absolute Gasteiger partial charge is 0.223 e. The predicted octanol–water partition coefficient (Wildman–Crippen LogP) is 2.47. The van der Waals surface area contributed by atoms with E-state index < -0.39 is 0 Å². The highest BCUT2D eigenvalue weighted by atomic mass is 35.5. The lowest BCUT2D eigenvalue weighted by Gasteiger charge is -2.34. The first-order valence-electron chi connectivity index (χ1n) is 9.12. The molecule has 26 heavy (non-hydrogen) atoms. The number of carbonyl (C=O) groups is 1. The lowest BCUT2D eigenvalue weighted by atomic mass is 9.92. The molecule has 2 aliphatic heterocycles. The molecule has 2 saturated heterocycles.